The van der Waals surface area contributed by atoms with Gasteiger partial charge < -0.3 is 123 Å². The van der Waals surface area contributed by atoms with E-state index in [1.165, 1.54) is 38.1 Å². The minimum absolute atomic E-state index is 0.0120. The summed E-state index contributed by atoms with van der Waals surface area (Å²) < 4.78 is 0. The highest BCUT2D eigenvalue weighted by Crippen LogP contribution is 2.22. The van der Waals surface area contributed by atoms with Gasteiger partial charge in [-0.1, -0.05) is 100 Å². The molecular weight excluding hydrogens is 1540 g/mol. The number of fused-ring (bicyclic) bond motifs is 1. The predicted molar refractivity (Wildman–Crippen MR) is 428 cm³/mol. The number of benzene rings is 3. The Kier molecular flexibility index (Phi) is 38.8. The van der Waals surface area contributed by atoms with E-state index in [1.807, 2.05) is 0 Å². The summed E-state index contributed by atoms with van der Waals surface area (Å²) in [6, 6.07) is 0.125. The van der Waals surface area contributed by atoms with Gasteiger partial charge in [-0.05, 0) is 106 Å². The lowest BCUT2D eigenvalue weighted by atomic mass is 9.99. The second-order valence-corrected chi connectivity index (χ2v) is 30.6. The van der Waals surface area contributed by atoms with E-state index >= 15 is 4.79 Å². The number of aliphatic hydroxyl groups excluding tert-OH is 3. The second kappa shape index (κ2) is 47.3. The van der Waals surface area contributed by atoms with Crippen molar-refractivity contribution in [2.75, 3.05) is 31.1 Å². The number of thioether (sulfide) groups is 1. The first-order chi connectivity index (χ1) is 55.2. The van der Waals surface area contributed by atoms with E-state index < -0.39 is 227 Å². The molecule has 16 atom stereocenters. The van der Waals surface area contributed by atoms with Crippen molar-refractivity contribution in [2.24, 2.45) is 34.8 Å². The molecule has 0 saturated carbocycles. The zero-order chi connectivity index (χ0) is 86.9. The monoisotopic (exact) mass is 1660 g/mol. The lowest BCUT2D eigenvalue weighted by Gasteiger charge is -2.31. The summed E-state index contributed by atoms with van der Waals surface area (Å²) >= 11 is 0.755. The number of rotatable bonds is 23. The van der Waals surface area contributed by atoms with Crippen LogP contribution in [0.15, 0.2) is 84.9 Å². The van der Waals surface area contributed by atoms with Crippen LogP contribution in [0.2, 0.25) is 0 Å². The molecule has 0 aliphatic carbocycles. The molecule has 28 N–H and O–H groups in total. The van der Waals surface area contributed by atoms with Crippen LogP contribution in [0.1, 0.15) is 117 Å². The number of nitrogens with zero attached hydrogens (tertiary/aromatic N) is 1. The largest absolute Gasteiger partial charge is 0.508 e. The molecule has 0 aromatic heterocycles. The van der Waals surface area contributed by atoms with Crippen molar-refractivity contribution in [1.29, 1.82) is 10.8 Å². The quantitative estimate of drug-likeness (QED) is 0.0239. The molecular formula is C76H113N21O19S. The van der Waals surface area contributed by atoms with Crippen molar-refractivity contribution in [3.05, 3.63) is 102 Å². The number of guanidine groups is 2. The number of carbonyl (C=O) groups is 15. The van der Waals surface area contributed by atoms with Crippen molar-refractivity contribution in [3.63, 3.8) is 0 Å². The summed E-state index contributed by atoms with van der Waals surface area (Å²) in [7, 11) is 0. The van der Waals surface area contributed by atoms with Gasteiger partial charge in [-0.25, -0.2) is 0 Å². The van der Waals surface area contributed by atoms with Crippen LogP contribution in [0, 0.1) is 22.7 Å². The lowest BCUT2D eigenvalue weighted by Crippen LogP contribution is -2.63. The van der Waals surface area contributed by atoms with E-state index in [2.05, 4.69) is 74.4 Å². The predicted octanol–water partition coefficient (Wildman–Crippen LogP) is -6.29. The van der Waals surface area contributed by atoms with Crippen molar-refractivity contribution < 1.29 is 92.3 Å². The molecule has 15 amide bonds. The normalized spacial score (nSPS) is 25.1. The number of phenols is 1. The SMILES string of the molecule is CC(C)C[C@@H]1NC(=O)[C@H]([C@H](C)O)NC(=O)[C@H](C(C)C)NC(=O)[C@H](Cc2ccc(O)cc2)NC(=O)CSC[C@@H](C(N)=O)NC(=O)[C@H]([C@@H](C)O)NC(=O)[C@H]2CCCN2C(=O)[C@H](Cc2ccccc2)NC(=O)[C@H](CCCNC(=N)N)NC(=O)[C@H](CC(N)=O)NC(=O)[C@H](Cc2ccccc2)NC(=O)[C@H]([C@@H](C)O)NC(=O)[C@H](CCCNC(=N)N)NC1=O. The van der Waals surface area contributed by atoms with Gasteiger partial charge in [-0.15, -0.1) is 11.8 Å². The van der Waals surface area contributed by atoms with Crippen LogP contribution in [0.3, 0.4) is 0 Å². The van der Waals surface area contributed by atoms with Gasteiger partial charge in [0.25, 0.3) is 0 Å². The average Bonchev–Trinajstić information content (AvgIpc) is 1.37. The van der Waals surface area contributed by atoms with Crippen LogP contribution in [0.4, 0.5) is 0 Å². The number of nitrogens with two attached hydrogens (primary N) is 4. The number of hydrogen-bond acceptors (Lipinski definition) is 22. The van der Waals surface area contributed by atoms with Crippen LogP contribution in [-0.2, 0) is 91.2 Å². The topological polar surface area (TPSA) is 660 Å². The fraction of sp³-hybridized carbons (Fsp3) is 0.539. The van der Waals surface area contributed by atoms with Gasteiger partial charge in [-0.2, -0.15) is 0 Å². The Labute approximate surface area is 681 Å². The van der Waals surface area contributed by atoms with Gasteiger partial charge in [0.15, 0.2) is 11.9 Å². The summed E-state index contributed by atoms with van der Waals surface area (Å²) in [6.45, 7) is 9.66. The van der Waals surface area contributed by atoms with Gasteiger partial charge in [0.2, 0.25) is 88.6 Å². The Morgan fingerprint density at radius 2 is 0.855 bits per heavy atom. The van der Waals surface area contributed by atoms with Crippen molar-refractivity contribution in [3.8, 4) is 5.75 Å². The Bertz CT molecular complexity index is 3960. The summed E-state index contributed by atoms with van der Waals surface area (Å²) in [5.41, 5.74) is 23.8. The maximum absolute atomic E-state index is 15.1. The molecule has 2 heterocycles. The third-order valence-corrected chi connectivity index (χ3v) is 19.9. The van der Waals surface area contributed by atoms with Crippen LogP contribution in [0.25, 0.3) is 0 Å². The Balaban J connectivity index is 1.63. The summed E-state index contributed by atoms with van der Waals surface area (Å²) in [6.07, 6.45) is -7.54. The minimum atomic E-state index is -1.96. The molecule has 41 heteroatoms. The molecule has 0 radical (unpaired) electrons. The summed E-state index contributed by atoms with van der Waals surface area (Å²) in [5.74, 6) is -19.0. The van der Waals surface area contributed by atoms with Crippen LogP contribution in [-0.4, -0.2) is 254 Å². The van der Waals surface area contributed by atoms with E-state index in [4.69, 9.17) is 33.8 Å². The van der Waals surface area contributed by atoms with Crippen LogP contribution in [0.5, 0.6) is 5.75 Å². The maximum atomic E-state index is 15.1. The van der Waals surface area contributed by atoms with Crippen molar-refractivity contribution >= 4 is 112 Å². The van der Waals surface area contributed by atoms with E-state index in [1.54, 1.807) is 74.5 Å². The van der Waals surface area contributed by atoms with E-state index in [9.17, 15) is 87.5 Å². The van der Waals surface area contributed by atoms with Crippen LogP contribution >= 0.6 is 11.8 Å². The second-order valence-electron chi connectivity index (χ2n) is 29.6. The molecule has 5 rings (SSSR count). The average molecular weight is 1660 g/mol. The Hall–Kier alpha value is -11.7. The number of amides is 15. The van der Waals surface area contributed by atoms with E-state index in [0.29, 0.717) is 16.7 Å². The first kappa shape index (κ1) is 95.9. The van der Waals surface area contributed by atoms with Gasteiger partial charge in [0, 0.05) is 44.6 Å². The smallest absolute Gasteiger partial charge is 0.246 e. The number of hydrogen-bond donors (Lipinski definition) is 24. The molecule has 642 valence electrons. The molecule has 2 aliphatic heterocycles. The molecule has 3 aromatic rings. The summed E-state index contributed by atoms with van der Waals surface area (Å²) in [5, 5.41) is 94.3. The number of aromatic hydroxyl groups is 1. The number of phenolic OH excluding ortho intramolecular Hbond substituents is 1. The molecule has 40 nitrogen and oxygen atoms in total. The maximum Gasteiger partial charge on any atom is 0.246 e. The van der Waals surface area contributed by atoms with Crippen LogP contribution < -0.4 is 97.4 Å². The molecule has 2 saturated heterocycles. The van der Waals surface area contributed by atoms with E-state index in [-0.39, 0.29) is 89.6 Å². The third kappa shape index (κ3) is 32.1. The summed E-state index contributed by atoms with van der Waals surface area (Å²) in [4.78, 5) is 217. The van der Waals surface area contributed by atoms with Crippen molar-refractivity contribution in [1.82, 2.24) is 79.3 Å². The van der Waals surface area contributed by atoms with E-state index in [0.717, 1.165) is 37.4 Å². The Morgan fingerprint density at radius 3 is 1.33 bits per heavy atom. The van der Waals surface area contributed by atoms with Gasteiger partial charge in [-0.3, -0.25) is 82.7 Å². The number of carbonyl (C=O) groups excluding carboxylic acids is 15. The first-order valence-electron chi connectivity index (χ1n) is 38.4. The molecule has 2 aliphatic rings. The van der Waals surface area contributed by atoms with Gasteiger partial charge >= 0.3 is 0 Å². The molecule has 117 heavy (non-hydrogen) atoms. The molecule has 0 unspecified atom stereocenters. The standard InChI is InChI=1S/C76H113N21O19S/c1-38(2)31-49-65(107)87-48(22-15-29-84-76(81)82)64(106)94-59(40(5)98)71(113)90-51(32-43-17-10-8-11-18-43)66(108)88-52(35-56(77)102)67(109)86-47(21-14-28-83-75(79)80)63(105)91-53(34-44-19-12-9-13-20-44)74(116)97-30-16-23-55(97)69(111)95-60(41(6)99)73(115)92-54(62(78)104)36-117-37-57(103)85-50(33-45-24-26-46(101)27-25-45)68(110)93-58(39(3)4)70(112)96-61(42(7)100)72(114)89-49/h8-13,17-20,24-27,38-42,47-55,58-61,98-101H,14-16,21-23,28-37H2,1-7H3,(H2,77,102)(H2,78,104)(H,85,103)(H,86,109)(H,87,107)(H,88,108)(H,89,114)(H,90,113)(H,91,105)(H,92,115)(H,93,110)(H,94,106)(H,95,111)(H,96,112)(H4,79,80,83)(H4,81,82,84)/t40-,41-,42+,47+,48+,49+,50+,51+,52+,53+,54+,55-,58+,59+,60+,61+/m1/s1. The molecule has 0 spiro atoms. The fourth-order valence-corrected chi connectivity index (χ4v) is 13.6. The highest BCUT2D eigenvalue weighted by molar-refractivity contribution is 8.00. The zero-order valence-electron chi connectivity index (χ0n) is 66.4. The minimum Gasteiger partial charge on any atom is -0.508 e. The zero-order valence-corrected chi connectivity index (χ0v) is 67.2. The van der Waals surface area contributed by atoms with Gasteiger partial charge in [0.1, 0.15) is 84.3 Å². The fourth-order valence-electron chi connectivity index (χ4n) is 12.7. The van der Waals surface area contributed by atoms with Gasteiger partial charge in [0.05, 0.1) is 30.5 Å². The Morgan fingerprint density at radius 1 is 0.470 bits per heavy atom. The highest BCUT2D eigenvalue weighted by Gasteiger charge is 2.43. The number of aliphatic hydroxyl groups is 3. The third-order valence-electron chi connectivity index (χ3n) is 18.9. The molecule has 0 bridgehead atoms. The first-order valence-corrected chi connectivity index (χ1v) is 39.5. The number of nitrogens with one attached hydrogen (secondary N) is 16. The van der Waals surface area contributed by atoms with Crippen molar-refractivity contribution in [2.45, 2.75) is 216 Å². The molecule has 2 fully saturated rings. The number of primary amides is 2. The lowest BCUT2D eigenvalue weighted by molar-refractivity contribution is -0.143. The highest BCUT2D eigenvalue weighted by atomic mass is 32.2. The molecule has 3 aromatic carbocycles.